The normalized spacial score (nSPS) is 17.3. The van der Waals surface area contributed by atoms with E-state index in [-0.39, 0.29) is 17.9 Å². The minimum absolute atomic E-state index is 0.0589. The molecule has 138 valence electrons. The van der Waals surface area contributed by atoms with Crippen LogP contribution < -0.4 is 9.47 Å². The number of hydrogen-bond acceptors (Lipinski definition) is 5. The zero-order valence-electron chi connectivity index (χ0n) is 15.2. The highest BCUT2D eigenvalue weighted by molar-refractivity contribution is 9.10. The fraction of sp³-hybridized carbons (Fsp3) is 0.238. The van der Waals surface area contributed by atoms with Crippen LogP contribution in [-0.2, 0) is 14.9 Å². The molecular weight excluding hydrogens is 410 g/mol. The van der Waals surface area contributed by atoms with E-state index in [2.05, 4.69) is 41.7 Å². The topological polar surface area (TPSA) is 57.1 Å². The summed E-state index contributed by atoms with van der Waals surface area (Å²) in [6, 6.07) is 11.5. The van der Waals surface area contributed by atoms with Crippen molar-refractivity contribution in [3.8, 4) is 11.5 Å². The number of fused-ring (bicyclic) bond motifs is 1. The van der Waals surface area contributed by atoms with Gasteiger partial charge in [-0.3, -0.25) is 0 Å². The van der Waals surface area contributed by atoms with Gasteiger partial charge in [0.05, 0.1) is 0 Å². The molecule has 2 aromatic carbocycles. The lowest BCUT2D eigenvalue weighted by Gasteiger charge is -2.18. The zero-order valence-corrected chi connectivity index (χ0v) is 16.8. The highest BCUT2D eigenvalue weighted by atomic mass is 79.9. The van der Waals surface area contributed by atoms with Gasteiger partial charge in [0, 0.05) is 10.0 Å². The number of carbonyl (C=O) groups excluding carboxylic acids is 1. The summed E-state index contributed by atoms with van der Waals surface area (Å²) in [7, 11) is 0. The van der Waals surface area contributed by atoms with Crippen LogP contribution in [-0.4, -0.2) is 18.7 Å². The van der Waals surface area contributed by atoms with Crippen LogP contribution in [0.1, 0.15) is 37.5 Å². The Morgan fingerprint density at radius 2 is 1.74 bits per heavy atom. The van der Waals surface area contributed by atoms with Gasteiger partial charge in [0.15, 0.2) is 17.2 Å². The van der Waals surface area contributed by atoms with Crippen LogP contribution in [0.3, 0.4) is 0 Å². The molecule has 27 heavy (non-hydrogen) atoms. The number of aliphatic imine (C=N–C) groups is 1. The van der Waals surface area contributed by atoms with E-state index in [1.165, 1.54) is 5.56 Å². The highest BCUT2D eigenvalue weighted by Crippen LogP contribution is 2.38. The van der Waals surface area contributed by atoms with Crippen LogP contribution in [0.5, 0.6) is 11.5 Å². The zero-order chi connectivity index (χ0) is 19.2. The van der Waals surface area contributed by atoms with E-state index in [0.29, 0.717) is 17.4 Å². The van der Waals surface area contributed by atoms with Gasteiger partial charge in [0.1, 0.15) is 0 Å². The Morgan fingerprint density at radius 1 is 1.07 bits per heavy atom. The largest absolute Gasteiger partial charge is 0.454 e. The quantitative estimate of drug-likeness (QED) is 0.509. The third kappa shape index (κ3) is 3.49. The second kappa shape index (κ2) is 6.53. The highest BCUT2D eigenvalue weighted by Gasteiger charge is 2.25. The van der Waals surface area contributed by atoms with Crippen LogP contribution in [0.15, 0.2) is 51.6 Å². The third-order valence-corrected chi connectivity index (χ3v) is 5.09. The SMILES string of the molecule is CC(C)(C)c1ccc(C2=NC(=Cc3cc4c(cc3Br)OCO4)C(=O)O2)cc1. The smallest absolute Gasteiger partial charge is 0.363 e. The average Bonchev–Trinajstić information content (AvgIpc) is 3.21. The molecule has 5 nitrogen and oxygen atoms in total. The Labute approximate surface area is 165 Å². The molecule has 0 aliphatic carbocycles. The molecule has 0 aromatic heterocycles. The molecule has 0 bridgehead atoms. The average molecular weight is 428 g/mol. The van der Waals surface area contributed by atoms with Crippen molar-refractivity contribution in [1.82, 2.24) is 0 Å². The standard InChI is InChI=1S/C21H18BrNO4/c1-21(2,3)14-6-4-12(5-7-14)19-23-16(20(24)27-19)8-13-9-17-18(10-15(13)22)26-11-25-17/h4-10H,11H2,1-3H3. The van der Waals surface area contributed by atoms with Gasteiger partial charge in [-0.05, 0) is 46.9 Å². The van der Waals surface area contributed by atoms with Gasteiger partial charge in [-0.15, -0.1) is 0 Å². The molecule has 0 fully saturated rings. The summed E-state index contributed by atoms with van der Waals surface area (Å²) in [6.45, 7) is 6.65. The lowest BCUT2D eigenvalue weighted by Crippen LogP contribution is -2.11. The maximum absolute atomic E-state index is 12.3. The lowest BCUT2D eigenvalue weighted by molar-refractivity contribution is -0.129. The van der Waals surface area contributed by atoms with Crippen LogP contribution in [0, 0.1) is 0 Å². The Morgan fingerprint density at radius 3 is 2.41 bits per heavy atom. The first kappa shape index (κ1) is 17.8. The number of rotatable bonds is 2. The first-order valence-electron chi connectivity index (χ1n) is 8.54. The van der Waals surface area contributed by atoms with Crippen LogP contribution in [0.4, 0.5) is 0 Å². The molecule has 4 rings (SSSR count). The van der Waals surface area contributed by atoms with Crippen molar-refractivity contribution in [2.24, 2.45) is 4.99 Å². The molecule has 0 atom stereocenters. The van der Waals surface area contributed by atoms with Crippen LogP contribution >= 0.6 is 15.9 Å². The van der Waals surface area contributed by atoms with Gasteiger partial charge in [-0.2, -0.15) is 0 Å². The first-order valence-corrected chi connectivity index (χ1v) is 9.33. The van der Waals surface area contributed by atoms with Gasteiger partial charge >= 0.3 is 5.97 Å². The van der Waals surface area contributed by atoms with Gasteiger partial charge in [0.2, 0.25) is 12.7 Å². The Kier molecular flexibility index (Phi) is 4.30. The summed E-state index contributed by atoms with van der Waals surface area (Å²) in [5.74, 6) is 1.14. The van der Waals surface area contributed by atoms with E-state index in [1.54, 1.807) is 12.1 Å². The lowest BCUT2D eigenvalue weighted by atomic mass is 9.87. The minimum atomic E-state index is -0.477. The van der Waals surface area contributed by atoms with E-state index < -0.39 is 5.97 Å². The maximum atomic E-state index is 12.3. The fourth-order valence-corrected chi connectivity index (χ4v) is 3.27. The number of benzene rings is 2. The molecule has 0 saturated heterocycles. The number of halogens is 1. The molecule has 2 aliphatic heterocycles. The van der Waals surface area contributed by atoms with Crippen LogP contribution in [0.2, 0.25) is 0 Å². The molecule has 0 unspecified atom stereocenters. The van der Waals surface area contributed by atoms with Crippen molar-refractivity contribution in [2.45, 2.75) is 26.2 Å². The number of cyclic esters (lactones) is 1. The number of ether oxygens (including phenoxy) is 3. The third-order valence-electron chi connectivity index (χ3n) is 4.40. The monoisotopic (exact) mass is 427 g/mol. The number of esters is 1. The molecule has 0 N–H and O–H groups in total. The van der Waals surface area contributed by atoms with Gasteiger partial charge in [-0.1, -0.05) is 48.8 Å². The second-order valence-corrected chi connectivity index (χ2v) is 8.24. The van der Waals surface area contributed by atoms with E-state index >= 15 is 0 Å². The summed E-state index contributed by atoms with van der Waals surface area (Å²) >= 11 is 3.48. The Balaban J connectivity index is 1.65. The van der Waals surface area contributed by atoms with Gasteiger partial charge in [0.25, 0.3) is 0 Å². The summed E-state index contributed by atoms with van der Waals surface area (Å²) in [4.78, 5) is 16.6. The summed E-state index contributed by atoms with van der Waals surface area (Å²) < 4.78 is 16.9. The summed E-state index contributed by atoms with van der Waals surface area (Å²) in [6.07, 6.45) is 1.67. The molecule has 2 aromatic rings. The molecule has 0 spiro atoms. The molecule has 2 heterocycles. The van der Waals surface area contributed by atoms with Crippen molar-refractivity contribution >= 4 is 33.9 Å². The summed E-state index contributed by atoms with van der Waals surface area (Å²) in [5.41, 5.74) is 3.04. The predicted molar refractivity (Wildman–Crippen MR) is 106 cm³/mol. The molecule has 0 amide bonds. The number of hydrogen-bond donors (Lipinski definition) is 0. The van der Waals surface area contributed by atoms with Gasteiger partial charge < -0.3 is 14.2 Å². The van der Waals surface area contributed by atoms with Gasteiger partial charge in [-0.25, -0.2) is 9.79 Å². The summed E-state index contributed by atoms with van der Waals surface area (Å²) in [5, 5.41) is 0. The number of carbonyl (C=O) groups is 1. The molecule has 0 radical (unpaired) electrons. The predicted octanol–water partition coefficient (Wildman–Crippen LogP) is 4.82. The van der Waals surface area contributed by atoms with Crippen molar-refractivity contribution < 1.29 is 19.0 Å². The molecule has 0 saturated carbocycles. The van der Waals surface area contributed by atoms with Crippen molar-refractivity contribution in [3.05, 3.63) is 63.3 Å². The number of nitrogens with zero attached hydrogens (tertiary/aromatic N) is 1. The minimum Gasteiger partial charge on any atom is -0.454 e. The molecule has 2 aliphatic rings. The second-order valence-electron chi connectivity index (χ2n) is 7.39. The Hall–Kier alpha value is -2.60. The van der Waals surface area contributed by atoms with Crippen molar-refractivity contribution in [1.29, 1.82) is 0 Å². The molecular formula is C21H18BrNO4. The fourth-order valence-electron chi connectivity index (χ4n) is 2.84. The van der Waals surface area contributed by atoms with E-state index in [0.717, 1.165) is 15.6 Å². The first-order chi connectivity index (χ1) is 12.8. The Bertz CT molecular complexity index is 984. The van der Waals surface area contributed by atoms with E-state index in [4.69, 9.17) is 14.2 Å². The molecule has 6 heteroatoms. The van der Waals surface area contributed by atoms with Crippen LogP contribution in [0.25, 0.3) is 6.08 Å². The van der Waals surface area contributed by atoms with Crippen molar-refractivity contribution in [3.63, 3.8) is 0 Å². The maximum Gasteiger partial charge on any atom is 0.363 e. The van der Waals surface area contributed by atoms with E-state index in [9.17, 15) is 4.79 Å². The van der Waals surface area contributed by atoms with E-state index in [1.807, 2.05) is 30.3 Å². The van der Waals surface area contributed by atoms with Crippen molar-refractivity contribution in [2.75, 3.05) is 6.79 Å².